The molecular formula is C8H15NS. The molecule has 0 aromatic rings. The van der Waals surface area contributed by atoms with Crippen molar-refractivity contribution >= 4 is 18.0 Å². The first kappa shape index (κ1) is 8.12. The first-order chi connectivity index (χ1) is 4.93. The Morgan fingerprint density at radius 3 is 3.10 bits per heavy atom. The summed E-state index contributed by atoms with van der Waals surface area (Å²) in [5.74, 6) is 1.14. The highest BCUT2D eigenvalue weighted by atomic mass is 32.2. The minimum atomic E-state index is 0.603. The van der Waals surface area contributed by atoms with Crippen LogP contribution >= 0.6 is 11.8 Å². The third kappa shape index (κ3) is 2.74. The average Bonchev–Trinajstić information content (AvgIpc) is 2.41. The topological polar surface area (TPSA) is 12.4 Å². The van der Waals surface area contributed by atoms with Gasteiger partial charge in [0.25, 0.3) is 0 Å². The number of hydrogen-bond donors (Lipinski definition) is 0. The molecule has 1 nitrogen and oxygen atoms in total. The molecule has 0 fully saturated rings. The molecule has 1 heterocycles. The number of rotatable bonds is 4. The standard InChI is InChI=1S/C8H15NS/c1-2-3-4-5-8-9-6-7-10-8/h6,8H,2-5,7H2,1H3. The van der Waals surface area contributed by atoms with Crippen LogP contribution in [0.4, 0.5) is 0 Å². The van der Waals surface area contributed by atoms with Gasteiger partial charge in [-0.1, -0.05) is 26.2 Å². The summed E-state index contributed by atoms with van der Waals surface area (Å²) in [6, 6.07) is 0. The van der Waals surface area contributed by atoms with E-state index in [0.29, 0.717) is 5.37 Å². The molecule has 0 amide bonds. The van der Waals surface area contributed by atoms with Gasteiger partial charge in [0.15, 0.2) is 0 Å². The maximum atomic E-state index is 4.35. The van der Waals surface area contributed by atoms with Gasteiger partial charge in [0.2, 0.25) is 0 Å². The molecule has 0 spiro atoms. The first-order valence-corrected chi connectivity index (χ1v) is 5.11. The molecule has 0 saturated heterocycles. The van der Waals surface area contributed by atoms with E-state index in [9.17, 15) is 0 Å². The molecule has 10 heavy (non-hydrogen) atoms. The van der Waals surface area contributed by atoms with E-state index in [4.69, 9.17) is 0 Å². The third-order valence-corrected chi connectivity index (χ3v) is 2.77. The zero-order chi connectivity index (χ0) is 7.23. The van der Waals surface area contributed by atoms with Crippen LogP contribution in [0.2, 0.25) is 0 Å². The molecule has 0 radical (unpaired) electrons. The Hall–Kier alpha value is 0.0200. The Morgan fingerprint density at radius 1 is 1.60 bits per heavy atom. The smallest absolute Gasteiger partial charge is 0.0951 e. The molecule has 0 aromatic heterocycles. The van der Waals surface area contributed by atoms with E-state index in [1.54, 1.807) is 0 Å². The molecule has 0 bridgehead atoms. The van der Waals surface area contributed by atoms with Crippen molar-refractivity contribution in [1.29, 1.82) is 0 Å². The number of aliphatic imine (C=N–C) groups is 1. The lowest BCUT2D eigenvalue weighted by Crippen LogP contribution is -1.93. The molecule has 1 atom stereocenters. The van der Waals surface area contributed by atoms with Crippen molar-refractivity contribution in [2.75, 3.05) is 5.75 Å². The van der Waals surface area contributed by atoms with Crippen molar-refractivity contribution in [3.8, 4) is 0 Å². The van der Waals surface area contributed by atoms with Crippen molar-refractivity contribution < 1.29 is 0 Å². The van der Waals surface area contributed by atoms with Gasteiger partial charge in [-0.2, -0.15) is 0 Å². The Balaban J connectivity index is 1.97. The van der Waals surface area contributed by atoms with E-state index in [-0.39, 0.29) is 0 Å². The van der Waals surface area contributed by atoms with Gasteiger partial charge in [-0.05, 0) is 6.42 Å². The number of unbranched alkanes of at least 4 members (excludes halogenated alkanes) is 2. The summed E-state index contributed by atoms with van der Waals surface area (Å²) in [5, 5.41) is 0.603. The van der Waals surface area contributed by atoms with Gasteiger partial charge in [0.05, 0.1) is 5.37 Å². The van der Waals surface area contributed by atoms with Gasteiger partial charge >= 0.3 is 0 Å². The van der Waals surface area contributed by atoms with Crippen molar-refractivity contribution in [2.24, 2.45) is 4.99 Å². The molecule has 58 valence electrons. The number of thioether (sulfide) groups is 1. The normalized spacial score (nSPS) is 23.9. The summed E-state index contributed by atoms with van der Waals surface area (Å²) in [6.45, 7) is 2.24. The largest absolute Gasteiger partial charge is 0.283 e. The fraction of sp³-hybridized carbons (Fsp3) is 0.875. The highest BCUT2D eigenvalue weighted by Gasteiger charge is 2.08. The fourth-order valence-corrected chi connectivity index (χ4v) is 1.98. The van der Waals surface area contributed by atoms with Crippen LogP contribution in [0.5, 0.6) is 0 Å². The Kier molecular flexibility index (Phi) is 3.88. The van der Waals surface area contributed by atoms with Crippen LogP contribution in [0.3, 0.4) is 0 Å². The van der Waals surface area contributed by atoms with Gasteiger partial charge < -0.3 is 0 Å². The second-order valence-corrected chi connectivity index (χ2v) is 3.83. The molecule has 0 saturated carbocycles. The Morgan fingerprint density at radius 2 is 2.50 bits per heavy atom. The maximum Gasteiger partial charge on any atom is 0.0951 e. The van der Waals surface area contributed by atoms with Crippen LogP contribution in [0.25, 0.3) is 0 Å². The maximum absolute atomic E-state index is 4.35. The monoisotopic (exact) mass is 157 g/mol. The van der Waals surface area contributed by atoms with Gasteiger partial charge in [-0.25, -0.2) is 0 Å². The number of hydrogen-bond acceptors (Lipinski definition) is 2. The summed E-state index contributed by atoms with van der Waals surface area (Å²) in [4.78, 5) is 4.35. The van der Waals surface area contributed by atoms with E-state index in [2.05, 4.69) is 11.9 Å². The predicted molar refractivity (Wildman–Crippen MR) is 48.9 cm³/mol. The second kappa shape index (κ2) is 4.78. The lowest BCUT2D eigenvalue weighted by atomic mass is 10.2. The minimum absolute atomic E-state index is 0.603. The van der Waals surface area contributed by atoms with Crippen molar-refractivity contribution in [3.63, 3.8) is 0 Å². The van der Waals surface area contributed by atoms with Crippen molar-refractivity contribution in [3.05, 3.63) is 0 Å². The molecule has 1 unspecified atom stereocenters. The highest BCUT2D eigenvalue weighted by Crippen LogP contribution is 2.21. The quantitative estimate of drug-likeness (QED) is 0.571. The predicted octanol–water partition coefficient (Wildman–Crippen LogP) is 2.71. The summed E-state index contributed by atoms with van der Waals surface area (Å²) in [7, 11) is 0. The Labute approximate surface area is 67.3 Å². The molecule has 0 N–H and O–H groups in total. The fourth-order valence-electron chi connectivity index (χ4n) is 1.08. The molecule has 0 aliphatic carbocycles. The molecule has 1 aliphatic heterocycles. The zero-order valence-electron chi connectivity index (χ0n) is 6.55. The van der Waals surface area contributed by atoms with E-state index >= 15 is 0 Å². The third-order valence-electron chi connectivity index (χ3n) is 1.69. The molecule has 1 aliphatic rings. The van der Waals surface area contributed by atoms with Gasteiger partial charge in [-0.3, -0.25) is 4.99 Å². The van der Waals surface area contributed by atoms with Crippen LogP contribution in [0.1, 0.15) is 32.6 Å². The highest BCUT2D eigenvalue weighted by molar-refractivity contribution is 8.00. The average molecular weight is 157 g/mol. The lowest BCUT2D eigenvalue weighted by molar-refractivity contribution is 0.659. The van der Waals surface area contributed by atoms with Crippen LogP contribution < -0.4 is 0 Å². The van der Waals surface area contributed by atoms with Crippen LogP contribution in [-0.4, -0.2) is 17.3 Å². The van der Waals surface area contributed by atoms with E-state index in [1.165, 1.54) is 25.7 Å². The SMILES string of the molecule is CCCCCC1N=CCS1. The van der Waals surface area contributed by atoms with E-state index < -0.39 is 0 Å². The summed E-state index contributed by atoms with van der Waals surface area (Å²) in [6.07, 6.45) is 7.37. The van der Waals surface area contributed by atoms with E-state index in [1.807, 2.05) is 18.0 Å². The van der Waals surface area contributed by atoms with Crippen molar-refractivity contribution in [1.82, 2.24) is 0 Å². The molecular weight excluding hydrogens is 142 g/mol. The van der Waals surface area contributed by atoms with Crippen LogP contribution in [0, 0.1) is 0 Å². The molecule has 1 rings (SSSR count). The van der Waals surface area contributed by atoms with E-state index in [0.717, 1.165) is 5.75 Å². The summed E-state index contributed by atoms with van der Waals surface area (Å²) < 4.78 is 0. The zero-order valence-corrected chi connectivity index (χ0v) is 7.36. The summed E-state index contributed by atoms with van der Waals surface area (Å²) >= 11 is 1.97. The Bertz CT molecular complexity index is 112. The second-order valence-electron chi connectivity index (χ2n) is 2.62. The van der Waals surface area contributed by atoms with Crippen molar-refractivity contribution in [2.45, 2.75) is 38.0 Å². The molecule has 2 heteroatoms. The lowest BCUT2D eigenvalue weighted by Gasteiger charge is -2.03. The number of nitrogens with zero attached hydrogens (tertiary/aromatic N) is 1. The van der Waals surface area contributed by atoms with Crippen LogP contribution in [0.15, 0.2) is 4.99 Å². The van der Waals surface area contributed by atoms with Gasteiger partial charge in [0, 0.05) is 12.0 Å². The first-order valence-electron chi connectivity index (χ1n) is 4.06. The van der Waals surface area contributed by atoms with Gasteiger partial charge in [-0.15, -0.1) is 11.8 Å². The summed E-state index contributed by atoms with van der Waals surface area (Å²) in [5.41, 5.74) is 0. The van der Waals surface area contributed by atoms with Crippen LogP contribution in [-0.2, 0) is 0 Å². The minimum Gasteiger partial charge on any atom is -0.283 e. The molecule has 0 aromatic carbocycles. The van der Waals surface area contributed by atoms with Gasteiger partial charge in [0.1, 0.15) is 0 Å².